The first-order chi connectivity index (χ1) is 11.9. The Labute approximate surface area is 143 Å². The number of hydrogen-bond donors (Lipinski definition) is 0. The summed E-state index contributed by atoms with van der Waals surface area (Å²) >= 11 is 0. The molecule has 0 bridgehead atoms. The van der Waals surface area contributed by atoms with Crippen LogP contribution in [0.1, 0.15) is 29.2 Å². The van der Waals surface area contributed by atoms with E-state index in [4.69, 9.17) is 0 Å². The number of aromatic nitrogens is 1. The van der Waals surface area contributed by atoms with Crippen LogP contribution < -0.4 is 0 Å². The molecule has 3 aromatic rings. The standard InChI is InChI=1S/C23H19N/c1-3-9-18(10-4-1)20-14-15-21(17-20)23(19-11-5-2-6-12-19)22-13-7-8-16-24-22/h1-14,16-17,23H,15H2. The fourth-order valence-corrected chi connectivity index (χ4v) is 3.35. The molecule has 0 radical (unpaired) electrons. The Morgan fingerprint density at radius 1 is 0.750 bits per heavy atom. The van der Waals surface area contributed by atoms with Crippen LogP contribution in [0.2, 0.25) is 0 Å². The van der Waals surface area contributed by atoms with E-state index in [0.717, 1.165) is 12.1 Å². The molecule has 24 heavy (non-hydrogen) atoms. The molecule has 1 heterocycles. The first-order valence-corrected chi connectivity index (χ1v) is 8.34. The minimum absolute atomic E-state index is 0.213. The van der Waals surface area contributed by atoms with Gasteiger partial charge in [-0.05, 0) is 35.3 Å². The number of nitrogens with zero attached hydrogens (tertiary/aromatic N) is 1. The molecule has 1 aromatic heterocycles. The normalized spacial score (nSPS) is 14.8. The van der Waals surface area contributed by atoms with Crippen molar-refractivity contribution < 1.29 is 0 Å². The third-order valence-electron chi connectivity index (χ3n) is 4.49. The Hall–Kier alpha value is -2.93. The predicted molar refractivity (Wildman–Crippen MR) is 99.6 cm³/mol. The zero-order valence-electron chi connectivity index (χ0n) is 13.5. The zero-order valence-corrected chi connectivity index (χ0v) is 13.5. The van der Waals surface area contributed by atoms with E-state index >= 15 is 0 Å². The molecule has 0 saturated heterocycles. The lowest BCUT2D eigenvalue weighted by Gasteiger charge is -2.18. The van der Waals surface area contributed by atoms with Gasteiger partial charge in [-0.3, -0.25) is 4.98 Å². The number of rotatable bonds is 4. The molecule has 4 rings (SSSR count). The van der Waals surface area contributed by atoms with Crippen molar-refractivity contribution >= 4 is 5.57 Å². The van der Waals surface area contributed by atoms with Crippen molar-refractivity contribution in [2.75, 3.05) is 0 Å². The van der Waals surface area contributed by atoms with Crippen molar-refractivity contribution in [3.63, 3.8) is 0 Å². The van der Waals surface area contributed by atoms with Gasteiger partial charge in [0.1, 0.15) is 0 Å². The second-order valence-electron chi connectivity index (χ2n) is 6.05. The Balaban J connectivity index is 1.73. The highest BCUT2D eigenvalue weighted by atomic mass is 14.7. The van der Waals surface area contributed by atoms with Gasteiger partial charge in [0.15, 0.2) is 0 Å². The van der Waals surface area contributed by atoms with Crippen LogP contribution in [-0.4, -0.2) is 4.98 Å². The molecule has 1 aliphatic rings. The van der Waals surface area contributed by atoms with Crippen LogP contribution in [0.25, 0.3) is 5.57 Å². The first-order valence-electron chi connectivity index (χ1n) is 8.34. The molecule has 1 aliphatic carbocycles. The summed E-state index contributed by atoms with van der Waals surface area (Å²) in [6.45, 7) is 0. The quantitative estimate of drug-likeness (QED) is 0.609. The lowest BCUT2D eigenvalue weighted by Crippen LogP contribution is -2.05. The average molecular weight is 309 g/mol. The average Bonchev–Trinajstić information content (AvgIpc) is 3.14. The van der Waals surface area contributed by atoms with Crippen molar-refractivity contribution in [3.05, 3.63) is 120 Å². The van der Waals surface area contributed by atoms with Gasteiger partial charge in [0, 0.05) is 12.1 Å². The third kappa shape index (κ3) is 2.93. The van der Waals surface area contributed by atoms with Crippen LogP contribution in [0.4, 0.5) is 0 Å². The van der Waals surface area contributed by atoms with E-state index in [-0.39, 0.29) is 5.92 Å². The molecule has 1 heteroatoms. The maximum atomic E-state index is 4.63. The monoisotopic (exact) mass is 309 g/mol. The van der Waals surface area contributed by atoms with Crippen LogP contribution in [0.15, 0.2) is 103 Å². The highest BCUT2D eigenvalue weighted by Crippen LogP contribution is 2.38. The summed E-state index contributed by atoms with van der Waals surface area (Å²) in [4.78, 5) is 4.63. The molecule has 0 amide bonds. The lowest BCUT2D eigenvalue weighted by molar-refractivity contribution is 0.875. The van der Waals surface area contributed by atoms with Gasteiger partial charge in [-0.15, -0.1) is 0 Å². The fraction of sp³-hybridized carbons (Fsp3) is 0.0870. The van der Waals surface area contributed by atoms with Gasteiger partial charge < -0.3 is 0 Å². The number of allylic oxidation sites excluding steroid dienone is 4. The Kier molecular flexibility index (Phi) is 4.07. The Morgan fingerprint density at radius 3 is 2.17 bits per heavy atom. The maximum Gasteiger partial charge on any atom is 0.0519 e. The molecule has 0 spiro atoms. The molecule has 116 valence electrons. The fourth-order valence-electron chi connectivity index (χ4n) is 3.35. The SMILES string of the molecule is C1=C(c2ccccc2)C=C(C(c2ccccc2)c2ccccn2)C1. The summed E-state index contributed by atoms with van der Waals surface area (Å²) in [5, 5.41) is 0. The minimum atomic E-state index is 0.213. The molecule has 0 N–H and O–H groups in total. The van der Waals surface area contributed by atoms with Crippen molar-refractivity contribution in [1.29, 1.82) is 0 Å². The topological polar surface area (TPSA) is 12.9 Å². The van der Waals surface area contributed by atoms with Gasteiger partial charge in [0.05, 0.1) is 5.69 Å². The minimum Gasteiger partial charge on any atom is -0.260 e. The van der Waals surface area contributed by atoms with Gasteiger partial charge in [-0.25, -0.2) is 0 Å². The Morgan fingerprint density at radius 2 is 1.46 bits per heavy atom. The van der Waals surface area contributed by atoms with E-state index in [9.17, 15) is 0 Å². The summed E-state index contributed by atoms with van der Waals surface area (Å²) in [6.07, 6.45) is 7.51. The molecular formula is C23H19N. The molecule has 0 saturated carbocycles. The number of benzene rings is 2. The largest absolute Gasteiger partial charge is 0.260 e. The summed E-state index contributed by atoms with van der Waals surface area (Å²) < 4.78 is 0. The van der Waals surface area contributed by atoms with Crippen molar-refractivity contribution in [2.24, 2.45) is 0 Å². The van der Waals surface area contributed by atoms with Gasteiger partial charge in [-0.2, -0.15) is 0 Å². The second-order valence-corrected chi connectivity index (χ2v) is 6.05. The van der Waals surface area contributed by atoms with Crippen LogP contribution >= 0.6 is 0 Å². The van der Waals surface area contributed by atoms with Gasteiger partial charge >= 0.3 is 0 Å². The van der Waals surface area contributed by atoms with Gasteiger partial charge in [-0.1, -0.05) is 84.5 Å². The first kappa shape index (κ1) is 14.6. The highest BCUT2D eigenvalue weighted by Gasteiger charge is 2.22. The van der Waals surface area contributed by atoms with Crippen molar-refractivity contribution in [1.82, 2.24) is 4.98 Å². The predicted octanol–water partition coefficient (Wildman–Crippen LogP) is 5.63. The smallest absolute Gasteiger partial charge is 0.0519 e. The molecule has 0 aliphatic heterocycles. The molecule has 1 atom stereocenters. The number of hydrogen-bond acceptors (Lipinski definition) is 1. The van der Waals surface area contributed by atoms with E-state index in [1.54, 1.807) is 0 Å². The van der Waals surface area contributed by atoms with E-state index in [1.165, 1.54) is 22.3 Å². The van der Waals surface area contributed by atoms with E-state index in [2.05, 4.69) is 89.9 Å². The lowest BCUT2D eigenvalue weighted by atomic mass is 9.87. The van der Waals surface area contributed by atoms with E-state index in [1.807, 2.05) is 12.3 Å². The van der Waals surface area contributed by atoms with E-state index < -0.39 is 0 Å². The maximum absolute atomic E-state index is 4.63. The zero-order chi connectivity index (χ0) is 16.2. The van der Waals surface area contributed by atoms with Crippen LogP contribution in [0, 0.1) is 0 Å². The van der Waals surface area contributed by atoms with Crippen LogP contribution in [-0.2, 0) is 0 Å². The molecule has 2 aromatic carbocycles. The Bertz CT molecular complexity index is 822. The molecule has 0 fully saturated rings. The molecule has 1 nitrogen and oxygen atoms in total. The summed E-state index contributed by atoms with van der Waals surface area (Å²) in [5.74, 6) is 0.213. The third-order valence-corrected chi connectivity index (χ3v) is 4.49. The van der Waals surface area contributed by atoms with Gasteiger partial charge in [0.2, 0.25) is 0 Å². The molecule has 1 unspecified atom stereocenters. The second kappa shape index (κ2) is 6.67. The van der Waals surface area contributed by atoms with Crippen molar-refractivity contribution in [3.8, 4) is 0 Å². The van der Waals surface area contributed by atoms with Crippen molar-refractivity contribution in [2.45, 2.75) is 12.3 Å². The summed E-state index contributed by atoms with van der Waals surface area (Å²) in [6, 6.07) is 27.4. The van der Waals surface area contributed by atoms with Crippen LogP contribution in [0.3, 0.4) is 0 Å². The van der Waals surface area contributed by atoms with Gasteiger partial charge in [0.25, 0.3) is 0 Å². The molecular weight excluding hydrogens is 290 g/mol. The summed E-state index contributed by atoms with van der Waals surface area (Å²) in [7, 11) is 0. The van der Waals surface area contributed by atoms with Crippen LogP contribution in [0.5, 0.6) is 0 Å². The van der Waals surface area contributed by atoms with E-state index in [0.29, 0.717) is 0 Å². The highest BCUT2D eigenvalue weighted by molar-refractivity contribution is 5.78. The summed E-state index contributed by atoms with van der Waals surface area (Å²) in [5.41, 5.74) is 6.39. The number of pyridine rings is 1.